The number of hydrogen-bond donors (Lipinski definition) is 0. The fourth-order valence-electron chi connectivity index (χ4n) is 4.50. The molecule has 1 aromatic heterocycles. The van der Waals surface area contributed by atoms with Crippen molar-refractivity contribution in [1.82, 2.24) is 19.1 Å². The van der Waals surface area contributed by atoms with E-state index in [4.69, 9.17) is 0 Å². The summed E-state index contributed by atoms with van der Waals surface area (Å²) in [6, 6.07) is 12.9. The highest BCUT2D eigenvalue weighted by atomic mass is 32.2. The molecule has 0 saturated carbocycles. The van der Waals surface area contributed by atoms with Gasteiger partial charge in [0.2, 0.25) is 10.0 Å². The first kappa shape index (κ1) is 22.6. The predicted octanol–water partition coefficient (Wildman–Crippen LogP) is 4.88. The van der Waals surface area contributed by atoms with E-state index in [0.29, 0.717) is 4.90 Å². The Morgan fingerprint density at radius 3 is 2.44 bits per heavy atom. The molecule has 3 aromatic rings. The number of halogens is 1. The highest BCUT2D eigenvalue weighted by Crippen LogP contribution is 2.42. The molecule has 1 saturated heterocycles. The zero-order chi connectivity index (χ0) is 22.6. The molecule has 2 atom stereocenters. The summed E-state index contributed by atoms with van der Waals surface area (Å²) < 4.78 is 44.3. The molecule has 0 aliphatic carbocycles. The van der Waals surface area contributed by atoms with Gasteiger partial charge in [-0.15, -0.1) is 0 Å². The summed E-state index contributed by atoms with van der Waals surface area (Å²) in [7, 11) is -3.67. The molecular weight excluding hydrogens is 427 g/mol. The van der Waals surface area contributed by atoms with E-state index in [9.17, 15) is 12.8 Å². The number of aromatic nitrogens is 3. The second kappa shape index (κ2) is 9.92. The number of benzene rings is 2. The summed E-state index contributed by atoms with van der Waals surface area (Å²) in [6.07, 6.45) is 8.49. The molecule has 1 aliphatic heterocycles. The highest BCUT2D eigenvalue weighted by Gasteiger charge is 2.42. The Bertz CT molecular complexity index is 1100. The van der Waals surface area contributed by atoms with Crippen molar-refractivity contribution in [2.24, 2.45) is 0 Å². The highest BCUT2D eigenvalue weighted by molar-refractivity contribution is 7.89. The molecule has 4 rings (SSSR count). The van der Waals surface area contributed by atoms with Crippen LogP contribution in [0.25, 0.3) is 0 Å². The molecule has 170 valence electrons. The number of nitrogens with zero attached hydrogens (tertiary/aromatic N) is 4. The lowest BCUT2D eigenvalue weighted by molar-refractivity contribution is 0.306. The van der Waals surface area contributed by atoms with Gasteiger partial charge < -0.3 is 0 Å². The smallest absolute Gasteiger partial charge is 0.243 e. The van der Waals surface area contributed by atoms with E-state index in [0.717, 1.165) is 56.2 Å². The first-order chi connectivity index (χ1) is 15.4. The Balaban J connectivity index is 1.50. The van der Waals surface area contributed by atoms with Crippen LogP contribution >= 0.6 is 0 Å². The van der Waals surface area contributed by atoms with Crippen LogP contribution in [-0.4, -0.2) is 33.5 Å². The number of rotatable bonds is 9. The Morgan fingerprint density at radius 1 is 1.00 bits per heavy atom. The molecule has 1 fully saturated rings. The Kier molecular flexibility index (Phi) is 7.01. The van der Waals surface area contributed by atoms with Crippen molar-refractivity contribution in [1.29, 1.82) is 0 Å². The maximum absolute atomic E-state index is 13.7. The van der Waals surface area contributed by atoms with Gasteiger partial charge >= 0.3 is 0 Å². The molecule has 32 heavy (non-hydrogen) atoms. The summed E-state index contributed by atoms with van der Waals surface area (Å²) in [5.74, 6) is -0.316. The van der Waals surface area contributed by atoms with Crippen LogP contribution in [0, 0.1) is 12.7 Å². The van der Waals surface area contributed by atoms with Gasteiger partial charge in [-0.1, -0.05) is 42.7 Å². The molecule has 0 N–H and O–H groups in total. The van der Waals surface area contributed by atoms with Crippen molar-refractivity contribution in [3.05, 3.63) is 78.1 Å². The van der Waals surface area contributed by atoms with Crippen LogP contribution in [-0.2, 0) is 16.6 Å². The van der Waals surface area contributed by atoms with Crippen LogP contribution in [0.3, 0.4) is 0 Å². The third-order valence-electron chi connectivity index (χ3n) is 6.18. The molecule has 0 radical (unpaired) electrons. The molecule has 2 unspecified atom stereocenters. The summed E-state index contributed by atoms with van der Waals surface area (Å²) in [4.78, 5) is 4.27. The first-order valence-corrected chi connectivity index (χ1v) is 12.6. The third-order valence-corrected chi connectivity index (χ3v) is 8.16. The zero-order valence-corrected chi connectivity index (χ0v) is 19.1. The standard InChI is InChI=1S/C24H29FN4O2S/c1-19-6-13-23(14-7-19)32(30,31)29-22(5-3-2-4-16-28-18-26-17-27-28)12-15-24(29)20-8-10-21(25)11-9-20/h6-11,13-14,17-18,22,24H,2-5,12,15-16H2,1H3. The van der Waals surface area contributed by atoms with Gasteiger partial charge in [0, 0.05) is 12.6 Å². The van der Waals surface area contributed by atoms with E-state index in [-0.39, 0.29) is 17.9 Å². The number of unbranched alkanes of at least 4 members (excludes halogenated alkanes) is 2. The Hall–Kier alpha value is -2.58. The molecule has 8 heteroatoms. The lowest BCUT2D eigenvalue weighted by atomic mass is 10.0. The minimum Gasteiger partial charge on any atom is -0.253 e. The van der Waals surface area contributed by atoms with Crippen molar-refractivity contribution in [2.45, 2.75) is 69.0 Å². The maximum Gasteiger partial charge on any atom is 0.243 e. The minimum absolute atomic E-state index is 0.0669. The van der Waals surface area contributed by atoms with Crippen molar-refractivity contribution < 1.29 is 12.8 Å². The summed E-state index contributed by atoms with van der Waals surface area (Å²) in [6.45, 7) is 2.75. The van der Waals surface area contributed by atoms with Gasteiger partial charge in [0.05, 0.1) is 10.9 Å². The average molecular weight is 457 g/mol. The SMILES string of the molecule is Cc1ccc(S(=O)(=O)N2C(CCCCCn3cncn3)CCC2c2ccc(F)cc2)cc1. The van der Waals surface area contributed by atoms with E-state index in [1.54, 1.807) is 34.9 Å². The summed E-state index contributed by atoms with van der Waals surface area (Å²) in [5.41, 5.74) is 1.86. The largest absolute Gasteiger partial charge is 0.253 e. The van der Waals surface area contributed by atoms with Crippen molar-refractivity contribution in [2.75, 3.05) is 0 Å². The molecule has 0 bridgehead atoms. The molecule has 0 spiro atoms. The van der Waals surface area contributed by atoms with Crippen LogP contribution in [0.15, 0.2) is 66.1 Å². The van der Waals surface area contributed by atoms with Gasteiger partial charge in [-0.3, -0.25) is 4.68 Å². The van der Waals surface area contributed by atoms with Gasteiger partial charge in [-0.2, -0.15) is 9.40 Å². The lowest BCUT2D eigenvalue weighted by Crippen LogP contribution is -2.37. The second-order valence-electron chi connectivity index (χ2n) is 8.45. The van der Waals surface area contributed by atoms with Crippen LogP contribution in [0.2, 0.25) is 0 Å². The molecule has 0 amide bonds. The average Bonchev–Trinajstić information content (AvgIpc) is 3.45. The van der Waals surface area contributed by atoms with Crippen LogP contribution in [0.1, 0.15) is 55.7 Å². The van der Waals surface area contributed by atoms with Crippen molar-refractivity contribution in [3.8, 4) is 0 Å². The number of sulfonamides is 1. The third kappa shape index (κ3) is 5.07. The molecule has 2 heterocycles. The lowest BCUT2D eigenvalue weighted by Gasteiger charge is -2.30. The van der Waals surface area contributed by atoms with E-state index >= 15 is 0 Å². The van der Waals surface area contributed by atoms with Gasteiger partial charge in [0.1, 0.15) is 18.5 Å². The van der Waals surface area contributed by atoms with Gasteiger partial charge in [0.25, 0.3) is 0 Å². The van der Waals surface area contributed by atoms with Gasteiger partial charge in [0.15, 0.2) is 0 Å². The molecule has 2 aromatic carbocycles. The second-order valence-corrected chi connectivity index (χ2v) is 10.3. The van der Waals surface area contributed by atoms with E-state index in [2.05, 4.69) is 10.1 Å². The summed E-state index contributed by atoms with van der Waals surface area (Å²) in [5, 5.41) is 4.12. The van der Waals surface area contributed by atoms with Crippen molar-refractivity contribution in [3.63, 3.8) is 0 Å². The Morgan fingerprint density at radius 2 is 1.75 bits per heavy atom. The fourth-order valence-corrected chi connectivity index (χ4v) is 6.39. The van der Waals surface area contributed by atoms with Crippen LogP contribution in [0.5, 0.6) is 0 Å². The van der Waals surface area contributed by atoms with E-state index in [1.165, 1.54) is 18.5 Å². The molecule has 6 nitrogen and oxygen atoms in total. The predicted molar refractivity (Wildman–Crippen MR) is 121 cm³/mol. The molecular formula is C24H29FN4O2S. The molecule has 1 aliphatic rings. The zero-order valence-electron chi connectivity index (χ0n) is 18.3. The maximum atomic E-state index is 13.7. The van der Waals surface area contributed by atoms with Gasteiger partial charge in [-0.25, -0.2) is 17.8 Å². The van der Waals surface area contributed by atoms with Crippen LogP contribution < -0.4 is 0 Å². The normalized spacial score (nSPS) is 19.4. The van der Waals surface area contributed by atoms with E-state index < -0.39 is 10.0 Å². The number of aryl methyl sites for hydroxylation is 2. The minimum atomic E-state index is -3.67. The Labute approximate surface area is 189 Å². The van der Waals surface area contributed by atoms with E-state index in [1.807, 2.05) is 23.7 Å². The number of hydrogen-bond acceptors (Lipinski definition) is 4. The monoisotopic (exact) mass is 456 g/mol. The topological polar surface area (TPSA) is 68.1 Å². The van der Waals surface area contributed by atoms with Gasteiger partial charge in [-0.05, 0) is 62.4 Å². The van der Waals surface area contributed by atoms with Crippen LogP contribution in [0.4, 0.5) is 4.39 Å². The quantitative estimate of drug-likeness (QED) is 0.430. The summed E-state index contributed by atoms with van der Waals surface area (Å²) >= 11 is 0. The fraction of sp³-hybridized carbons (Fsp3) is 0.417. The van der Waals surface area contributed by atoms with Crippen molar-refractivity contribution >= 4 is 10.0 Å². The first-order valence-electron chi connectivity index (χ1n) is 11.1.